The van der Waals surface area contributed by atoms with Crippen LogP contribution in [0.4, 0.5) is 0 Å². The van der Waals surface area contributed by atoms with Gasteiger partial charge in [-0.15, -0.1) is 0 Å². The van der Waals surface area contributed by atoms with Gasteiger partial charge in [0.1, 0.15) is 6.10 Å². The van der Waals surface area contributed by atoms with Gasteiger partial charge in [-0.25, -0.2) is 0 Å². The summed E-state index contributed by atoms with van der Waals surface area (Å²) in [5, 5.41) is 23.0. The van der Waals surface area contributed by atoms with Crippen LogP contribution in [0.1, 0.15) is 25.0 Å². The number of fused-ring (bicyclic) bond motifs is 1. The van der Waals surface area contributed by atoms with E-state index in [0.29, 0.717) is 12.0 Å². The zero-order valence-corrected chi connectivity index (χ0v) is 10.1. The summed E-state index contributed by atoms with van der Waals surface area (Å²) < 4.78 is 0. The van der Waals surface area contributed by atoms with Gasteiger partial charge in [-0.3, -0.25) is 10.1 Å². The summed E-state index contributed by atoms with van der Waals surface area (Å²) >= 11 is 0. The zero-order valence-electron chi connectivity index (χ0n) is 10.1. The quantitative estimate of drug-likeness (QED) is 0.665. The van der Waals surface area contributed by atoms with Gasteiger partial charge in [-0.1, -0.05) is 49.4 Å². The van der Waals surface area contributed by atoms with E-state index in [-0.39, 0.29) is 0 Å². The van der Waals surface area contributed by atoms with E-state index < -0.39 is 17.1 Å². The lowest BCUT2D eigenvalue weighted by Gasteiger charge is -2.16. The van der Waals surface area contributed by atoms with Crippen LogP contribution in [0.2, 0.25) is 0 Å². The van der Waals surface area contributed by atoms with E-state index >= 15 is 0 Å². The van der Waals surface area contributed by atoms with Gasteiger partial charge >= 0.3 is 0 Å². The van der Waals surface area contributed by atoms with Gasteiger partial charge in [-0.05, 0) is 16.3 Å². The van der Waals surface area contributed by atoms with Gasteiger partial charge in [0, 0.05) is 11.3 Å². The Morgan fingerprint density at radius 1 is 1.22 bits per heavy atom. The molecule has 1 N–H and O–H groups in total. The summed E-state index contributed by atoms with van der Waals surface area (Å²) in [6.45, 7) is 1.71. The first-order chi connectivity index (χ1) is 8.65. The van der Waals surface area contributed by atoms with Crippen LogP contribution in [-0.2, 0) is 0 Å². The summed E-state index contributed by atoms with van der Waals surface area (Å²) in [6.07, 6.45) is -0.770. The maximum Gasteiger partial charge on any atom is 0.242 e. The second kappa shape index (κ2) is 5.14. The number of rotatable bonds is 4. The van der Waals surface area contributed by atoms with Crippen molar-refractivity contribution in [3.63, 3.8) is 0 Å². The number of hydrogen-bond donors (Lipinski definition) is 1. The van der Waals surface area contributed by atoms with Gasteiger partial charge < -0.3 is 5.11 Å². The molecular weight excluding hydrogens is 230 g/mol. The summed E-state index contributed by atoms with van der Waals surface area (Å²) in [4.78, 5) is 10.5. The minimum atomic E-state index is -1.07. The molecule has 0 aromatic heterocycles. The van der Waals surface area contributed by atoms with Crippen molar-refractivity contribution in [2.45, 2.75) is 25.5 Å². The predicted molar refractivity (Wildman–Crippen MR) is 70.0 cm³/mol. The first-order valence-corrected chi connectivity index (χ1v) is 5.94. The largest absolute Gasteiger partial charge is 0.381 e. The van der Waals surface area contributed by atoms with Crippen LogP contribution in [0.5, 0.6) is 0 Å². The number of aliphatic hydroxyl groups excluding tert-OH is 1. The average molecular weight is 245 g/mol. The lowest BCUT2D eigenvalue weighted by atomic mass is 9.95. The Bertz CT molecular complexity index is 562. The number of aliphatic hydroxyl groups is 1. The van der Waals surface area contributed by atoms with Crippen molar-refractivity contribution in [1.29, 1.82) is 0 Å². The van der Waals surface area contributed by atoms with Crippen LogP contribution in [0.25, 0.3) is 10.8 Å². The van der Waals surface area contributed by atoms with Crippen LogP contribution in [0, 0.1) is 10.1 Å². The van der Waals surface area contributed by atoms with Gasteiger partial charge in [0.25, 0.3) is 0 Å². The van der Waals surface area contributed by atoms with E-state index in [9.17, 15) is 15.2 Å². The molecule has 0 saturated heterocycles. The third kappa shape index (κ3) is 2.19. The van der Waals surface area contributed by atoms with Crippen molar-refractivity contribution in [1.82, 2.24) is 0 Å². The molecule has 0 aliphatic heterocycles. The molecular formula is C14H15NO3. The first kappa shape index (κ1) is 12.5. The Morgan fingerprint density at radius 3 is 2.56 bits per heavy atom. The molecule has 0 radical (unpaired) electrons. The van der Waals surface area contributed by atoms with Gasteiger partial charge in [0.15, 0.2) is 0 Å². The molecule has 94 valence electrons. The molecule has 0 fully saturated rings. The molecule has 18 heavy (non-hydrogen) atoms. The van der Waals surface area contributed by atoms with Crippen molar-refractivity contribution in [3.05, 3.63) is 58.1 Å². The van der Waals surface area contributed by atoms with Crippen LogP contribution < -0.4 is 0 Å². The third-order valence-corrected chi connectivity index (χ3v) is 3.20. The average Bonchev–Trinajstić information content (AvgIpc) is 2.38. The zero-order chi connectivity index (χ0) is 13.1. The SMILES string of the molecule is CCC(C(O)c1cccc2ccccc12)[N+](=O)[O-]. The Hall–Kier alpha value is -1.94. The van der Waals surface area contributed by atoms with Crippen molar-refractivity contribution in [3.8, 4) is 0 Å². The van der Waals surface area contributed by atoms with Gasteiger partial charge in [0.2, 0.25) is 6.04 Å². The molecule has 0 aliphatic carbocycles. The molecule has 0 spiro atoms. The molecule has 0 amide bonds. The van der Waals surface area contributed by atoms with Gasteiger partial charge in [-0.2, -0.15) is 0 Å². The summed E-state index contributed by atoms with van der Waals surface area (Å²) in [7, 11) is 0. The lowest BCUT2D eigenvalue weighted by Crippen LogP contribution is -2.26. The fourth-order valence-electron chi connectivity index (χ4n) is 2.20. The smallest absolute Gasteiger partial charge is 0.242 e. The van der Waals surface area contributed by atoms with E-state index in [0.717, 1.165) is 10.8 Å². The highest BCUT2D eigenvalue weighted by atomic mass is 16.6. The topological polar surface area (TPSA) is 63.4 Å². The summed E-state index contributed by atoms with van der Waals surface area (Å²) in [6, 6.07) is 12.1. The van der Waals surface area contributed by atoms with Crippen LogP contribution in [0.3, 0.4) is 0 Å². The van der Waals surface area contributed by atoms with Crippen LogP contribution in [0.15, 0.2) is 42.5 Å². The summed E-state index contributed by atoms with van der Waals surface area (Å²) in [5.74, 6) is 0. The Balaban J connectivity index is 2.50. The van der Waals surface area contributed by atoms with Gasteiger partial charge in [0.05, 0.1) is 0 Å². The number of nitrogens with zero attached hydrogens (tertiary/aromatic N) is 1. The fraction of sp³-hybridized carbons (Fsp3) is 0.286. The van der Waals surface area contributed by atoms with E-state index in [2.05, 4.69) is 0 Å². The van der Waals surface area contributed by atoms with E-state index in [4.69, 9.17) is 0 Å². The highest BCUT2D eigenvalue weighted by Crippen LogP contribution is 2.28. The molecule has 2 aromatic rings. The number of hydrogen-bond acceptors (Lipinski definition) is 3. The molecule has 2 rings (SSSR count). The molecule has 2 atom stereocenters. The second-order valence-corrected chi connectivity index (χ2v) is 4.27. The Labute approximate surface area is 105 Å². The Kier molecular flexibility index (Phi) is 3.58. The minimum Gasteiger partial charge on any atom is -0.381 e. The minimum absolute atomic E-state index is 0.303. The lowest BCUT2D eigenvalue weighted by molar-refractivity contribution is -0.536. The normalized spacial score (nSPS) is 14.3. The van der Waals surface area contributed by atoms with Crippen molar-refractivity contribution >= 4 is 10.8 Å². The maximum atomic E-state index is 10.9. The molecule has 0 bridgehead atoms. The molecule has 0 aliphatic rings. The number of benzene rings is 2. The Morgan fingerprint density at radius 2 is 1.89 bits per heavy atom. The second-order valence-electron chi connectivity index (χ2n) is 4.27. The molecule has 0 saturated carbocycles. The fourth-order valence-corrected chi connectivity index (χ4v) is 2.20. The molecule has 2 aromatic carbocycles. The van der Waals surface area contributed by atoms with E-state index in [1.807, 2.05) is 36.4 Å². The maximum absolute atomic E-state index is 10.9. The monoisotopic (exact) mass is 245 g/mol. The van der Waals surface area contributed by atoms with E-state index in [1.54, 1.807) is 13.0 Å². The van der Waals surface area contributed by atoms with Crippen LogP contribution >= 0.6 is 0 Å². The summed E-state index contributed by atoms with van der Waals surface area (Å²) in [5.41, 5.74) is 0.622. The molecule has 2 unspecified atom stereocenters. The van der Waals surface area contributed by atoms with E-state index in [1.165, 1.54) is 0 Å². The first-order valence-electron chi connectivity index (χ1n) is 5.94. The number of nitro groups is 1. The van der Waals surface area contributed by atoms with Crippen molar-refractivity contribution in [2.75, 3.05) is 0 Å². The van der Waals surface area contributed by atoms with Crippen LogP contribution in [-0.4, -0.2) is 16.1 Å². The van der Waals surface area contributed by atoms with Crippen molar-refractivity contribution in [2.24, 2.45) is 0 Å². The molecule has 4 nitrogen and oxygen atoms in total. The standard InChI is InChI=1S/C14H15NO3/c1-2-13(15(17)18)14(16)12-9-5-7-10-6-3-4-8-11(10)12/h3-9,13-14,16H,2H2,1H3. The predicted octanol–water partition coefficient (Wildman–Crippen LogP) is 2.93. The highest BCUT2D eigenvalue weighted by molar-refractivity contribution is 5.86. The third-order valence-electron chi connectivity index (χ3n) is 3.20. The van der Waals surface area contributed by atoms with Crippen molar-refractivity contribution < 1.29 is 10.0 Å². The highest BCUT2D eigenvalue weighted by Gasteiger charge is 2.30. The molecule has 0 heterocycles. The molecule has 4 heteroatoms.